The van der Waals surface area contributed by atoms with Crippen molar-refractivity contribution in [3.8, 4) is 0 Å². The number of aryl methyl sites for hydroxylation is 1. The van der Waals surface area contributed by atoms with Crippen LogP contribution >= 0.6 is 0 Å². The summed E-state index contributed by atoms with van der Waals surface area (Å²) >= 11 is 0. The lowest BCUT2D eigenvalue weighted by Gasteiger charge is -2.25. The lowest BCUT2D eigenvalue weighted by atomic mass is 10.0. The lowest BCUT2D eigenvalue weighted by Crippen LogP contribution is -2.31. The van der Waals surface area contributed by atoms with Gasteiger partial charge in [-0.15, -0.1) is 0 Å². The molecule has 4 aromatic rings. The number of benzene rings is 1. The van der Waals surface area contributed by atoms with Gasteiger partial charge in [0.1, 0.15) is 11.6 Å². The summed E-state index contributed by atoms with van der Waals surface area (Å²) in [4.78, 5) is 34.0. The maximum Gasteiger partial charge on any atom is 0.261 e. The van der Waals surface area contributed by atoms with Gasteiger partial charge in [-0.1, -0.05) is 12.1 Å². The van der Waals surface area contributed by atoms with Crippen molar-refractivity contribution in [2.24, 2.45) is 0 Å². The molecule has 3 aliphatic rings. The minimum Gasteiger partial charge on any atom is -0.383 e. The number of rotatable bonds is 6. The molecule has 0 spiro atoms. The highest BCUT2D eigenvalue weighted by atomic mass is 16.5. The average Bonchev–Trinajstić information content (AvgIpc) is 3.85. The van der Waals surface area contributed by atoms with Gasteiger partial charge in [-0.05, 0) is 67.3 Å². The molecule has 186 valence electrons. The summed E-state index contributed by atoms with van der Waals surface area (Å²) in [7, 11) is 0. The molecule has 2 fully saturated rings. The van der Waals surface area contributed by atoms with Crippen LogP contribution in [0.4, 0.5) is 11.5 Å². The second-order valence-electron chi connectivity index (χ2n) is 10.4. The summed E-state index contributed by atoms with van der Waals surface area (Å²) in [5, 5.41) is 1.04. The third-order valence-electron chi connectivity index (χ3n) is 7.66. The van der Waals surface area contributed by atoms with Crippen LogP contribution in [0, 0.1) is 6.92 Å². The fraction of sp³-hybridized carbons (Fsp3) is 0.345. The second kappa shape index (κ2) is 8.59. The second-order valence-corrected chi connectivity index (χ2v) is 10.4. The summed E-state index contributed by atoms with van der Waals surface area (Å²) in [5.41, 5.74) is 13.4. The number of aromatic nitrogens is 4. The number of hydrogen-bond donors (Lipinski definition) is 1. The fourth-order valence-electron chi connectivity index (χ4n) is 5.17. The molecule has 0 radical (unpaired) electrons. The molecule has 0 atom stereocenters. The molecule has 37 heavy (non-hydrogen) atoms. The third-order valence-corrected chi connectivity index (χ3v) is 7.66. The average molecular weight is 493 g/mol. The third kappa shape index (κ3) is 4.11. The first kappa shape index (κ1) is 22.3. The zero-order chi connectivity index (χ0) is 25.1. The monoisotopic (exact) mass is 492 g/mol. The highest BCUT2D eigenvalue weighted by Gasteiger charge is 2.29. The molecule has 0 bridgehead atoms. The van der Waals surface area contributed by atoms with Crippen LogP contribution in [0.3, 0.4) is 0 Å². The van der Waals surface area contributed by atoms with Crippen molar-refractivity contribution in [3.63, 3.8) is 0 Å². The molecule has 2 saturated carbocycles. The van der Waals surface area contributed by atoms with Crippen LogP contribution in [0.5, 0.6) is 0 Å². The van der Waals surface area contributed by atoms with Crippen LogP contribution < -0.4 is 10.6 Å². The number of nitrogen functional groups attached to an aromatic ring is 1. The molecule has 1 aromatic carbocycles. The summed E-state index contributed by atoms with van der Waals surface area (Å²) < 4.78 is 5.62. The molecular weight excluding hydrogens is 464 g/mol. The molecule has 8 nitrogen and oxygen atoms in total. The Kier molecular flexibility index (Phi) is 5.18. The largest absolute Gasteiger partial charge is 0.383 e. The van der Waals surface area contributed by atoms with Crippen LogP contribution in [0.2, 0.25) is 0 Å². The molecule has 4 heterocycles. The molecule has 2 aliphatic carbocycles. The minimum absolute atomic E-state index is 0.143. The number of ether oxygens (including phenoxy) is 1. The number of carbonyl (C=O) groups excluding carboxylic acids is 1. The molecule has 0 unspecified atom stereocenters. The van der Waals surface area contributed by atoms with Crippen LogP contribution in [0.15, 0.2) is 42.9 Å². The number of amides is 1. The van der Waals surface area contributed by atoms with Crippen LogP contribution in [0.1, 0.15) is 81.6 Å². The molecule has 7 rings (SSSR count). The molecule has 3 aromatic heterocycles. The van der Waals surface area contributed by atoms with Crippen molar-refractivity contribution in [2.75, 3.05) is 10.6 Å². The normalized spacial score (nSPS) is 16.7. The lowest BCUT2D eigenvalue weighted by molar-refractivity contribution is 0.0984. The number of nitrogens with two attached hydrogens (primary N) is 1. The first-order valence-corrected chi connectivity index (χ1v) is 12.9. The summed E-state index contributed by atoms with van der Waals surface area (Å²) in [6, 6.07) is 8.26. The smallest absolute Gasteiger partial charge is 0.261 e. The van der Waals surface area contributed by atoms with E-state index in [4.69, 9.17) is 10.5 Å². The predicted molar refractivity (Wildman–Crippen MR) is 140 cm³/mol. The molecule has 1 amide bonds. The highest BCUT2D eigenvalue weighted by molar-refractivity contribution is 6.06. The Morgan fingerprint density at radius 2 is 1.76 bits per heavy atom. The zero-order valence-electron chi connectivity index (χ0n) is 20.8. The van der Waals surface area contributed by atoms with Crippen molar-refractivity contribution in [1.29, 1.82) is 0 Å². The molecule has 1 aliphatic heterocycles. The first-order valence-electron chi connectivity index (χ1n) is 12.9. The van der Waals surface area contributed by atoms with Gasteiger partial charge in [0.2, 0.25) is 0 Å². The Morgan fingerprint density at radius 3 is 2.51 bits per heavy atom. The minimum atomic E-state index is -0.143. The fourth-order valence-corrected chi connectivity index (χ4v) is 5.17. The summed E-state index contributed by atoms with van der Waals surface area (Å²) in [6.07, 6.45) is 9.84. The zero-order valence-corrected chi connectivity index (χ0v) is 20.8. The quantitative estimate of drug-likeness (QED) is 0.406. The summed E-state index contributed by atoms with van der Waals surface area (Å²) in [5.74, 6) is 2.16. The molecular formula is C29H28N6O2. The number of carbonyl (C=O) groups is 1. The molecule has 8 heteroatoms. The van der Waals surface area contributed by atoms with E-state index in [2.05, 4.69) is 38.1 Å². The summed E-state index contributed by atoms with van der Waals surface area (Å²) in [6.45, 7) is 3.35. The number of anilines is 2. The van der Waals surface area contributed by atoms with Crippen molar-refractivity contribution >= 4 is 28.3 Å². The van der Waals surface area contributed by atoms with Crippen LogP contribution in [-0.2, 0) is 24.5 Å². The Labute approximate surface area is 214 Å². The van der Waals surface area contributed by atoms with Gasteiger partial charge in [-0.25, -0.2) is 15.0 Å². The maximum absolute atomic E-state index is 13.9. The van der Waals surface area contributed by atoms with Gasteiger partial charge in [-0.2, -0.15) is 0 Å². The molecule has 0 saturated heterocycles. The van der Waals surface area contributed by atoms with Gasteiger partial charge >= 0.3 is 0 Å². The van der Waals surface area contributed by atoms with Gasteiger partial charge in [0.05, 0.1) is 42.2 Å². The first-order chi connectivity index (χ1) is 18.0. The van der Waals surface area contributed by atoms with E-state index in [0.29, 0.717) is 43.0 Å². The van der Waals surface area contributed by atoms with E-state index in [0.717, 1.165) is 57.6 Å². The molecule has 2 N–H and O–H groups in total. The topological polar surface area (TPSA) is 107 Å². The van der Waals surface area contributed by atoms with E-state index in [1.807, 2.05) is 19.2 Å². The van der Waals surface area contributed by atoms with Gasteiger partial charge < -0.3 is 15.4 Å². The van der Waals surface area contributed by atoms with Crippen molar-refractivity contribution in [2.45, 2.75) is 64.2 Å². The van der Waals surface area contributed by atoms with Gasteiger partial charge in [-0.3, -0.25) is 9.78 Å². The van der Waals surface area contributed by atoms with E-state index in [-0.39, 0.29) is 5.91 Å². The Morgan fingerprint density at radius 1 is 1.00 bits per heavy atom. The number of nitrogens with zero attached hydrogens (tertiary/aromatic N) is 5. The van der Waals surface area contributed by atoms with Crippen LogP contribution in [0.25, 0.3) is 10.9 Å². The number of fused-ring (bicyclic) bond motifs is 3. The van der Waals surface area contributed by atoms with E-state index in [1.54, 1.807) is 17.3 Å². The predicted octanol–water partition coefficient (Wildman–Crippen LogP) is 4.94. The van der Waals surface area contributed by atoms with Gasteiger partial charge in [0.15, 0.2) is 0 Å². The van der Waals surface area contributed by atoms with Crippen molar-refractivity contribution in [1.82, 2.24) is 19.9 Å². The van der Waals surface area contributed by atoms with Gasteiger partial charge in [0.25, 0.3) is 5.91 Å². The number of pyridine rings is 2. The van der Waals surface area contributed by atoms with E-state index in [9.17, 15) is 4.79 Å². The highest BCUT2D eigenvalue weighted by Crippen LogP contribution is 2.42. The van der Waals surface area contributed by atoms with Crippen LogP contribution in [-0.4, -0.2) is 25.8 Å². The maximum atomic E-state index is 13.9. The van der Waals surface area contributed by atoms with Crippen molar-refractivity contribution in [3.05, 3.63) is 82.2 Å². The standard InChI is InChI=1S/C29H28N6O2/c1-16-26(9-20(10-31-16)18-3-4-18)35(29(36)21-11-32-28(33-12-21)19-5-6-19)13-17-2-7-22-23-14-37-15-24(23)27(30)34-25(22)8-17/h2,7-12,18-19H,3-6,13-15H2,1H3,(H2,30,34). The Bertz CT molecular complexity index is 1540. The van der Waals surface area contributed by atoms with E-state index >= 15 is 0 Å². The van der Waals surface area contributed by atoms with Gasteiger partial charge in [0, 0.05) is 35.5 Å². The van der Waals surface area contributed by atoms with E-state index in [1.165, 1.54) is 18.4 Å². The Balaban J connectivity index is 1.28. The SMILES string of the molecule is Cc1ncc(C2CC2)cc1N(Cc1ccc2c3c(c(N)nc2c1)COC3)C(=O)c1cnc(C2CC2)nc1. The number of hydrogen-bond acceptors (Lipinski definition) is 7. The van der Waals surface area contributed by atoms with Crippen molar-refractivity contribution < 1.29 is 9.53 Å². The van der Waals surface area contributed by atoms with E-state index < -0.39 is 0 Å². The Hall–Kier alpha value is -3.91.